The maximum absolute atomic E-state index is 6.00. The second-order valence-electron chi connectivity index (χ2n) is 4.76. The highest BCUT2D eigenvalue weighted by molar-refractivity contribution is 5.46. The molecule has 19 heavy (non-hydrogen) atoms. The first kappa shape index (κ1) is 13.6. The van der Waals surface area contributed by atoms with Crippen molar-refractivity contribution >= 4 is 5.69 Å². The van der Waals surface area contributed by atoms with Crippen LogP contribution >= 0.6 is 0 Å². The Labute approximate surface area is 114 Å². The van der Waals surface area contributed by atoms with Crippen molar-refractivity contribution in [2.24, 2.45) is 7.05 Å². The van der Waals surface area contributed by atoms with Crippen molar-refractivity contribution in [3.8, 4) is 0 Å². The van der Waals surface area contributed by atoms with Crippen LogP contribution in [0.3, 0.4) is 0 Å². The van der Waals surface area contributed by atoms with Gasteiger partial charge in [-0.05, 0) is 24.2 Å². The summed E-state index contributed by atoms with van der Waals surface area (Å²) in [6.45, 7) is 5.12. The van der Waals surface area contributed by atoms with E-state index in [1.807, 2.05) is 36.1 Å². The highest BCUT2D eigenvalue weighted by Gasteiger charge is 2.07. The number of nitrogens with zero attached hydrogens (tertiary/aromatic N) is 3. The zero-order valence-electron chi connectivity index (χ0n) is 11.7. The first-order valence-corrected chi connectivity index (χ1v) is 6.73. The van der Waals surface area contributed by atoms with Crippen molar-refractivity contribution in [1.82, 2.24) is 14.7 Å². The van der Waals surface area contributed by atoms with E-state index in [1.54, 1.807) is 0 Å². The zero-order valence-corrected chi connectivity index (χ0v) is 11.7. The summed E-state index contributed by atoms with van der Waals surface area (Å²) < 4.78 is 1.94. The molecule has 4 heteroatoms. The van der Waals surface area contributed by atoms with E-state index in [9.17, 15) is 0 Å². The molecule has 2 rings (SSSR count). The third-order valence-corrected chi connectivity index (χ3v) is 3.50. The zero-order chi connectivity index (χ0) is 13.7. The highest BCUT2D eigenvalue weighted by Crippen LogP contribution is 2.13. The van der Waals surface area contributed by atoms with Crippen LogP contribution < -0.4 is 5.73 Å². The van der Waals surface area contributed by atoms with Crippen LogP contribution in [0.2, 0.25) is 0 Å². The summed E-state index contributed by atoms with van der Waals surface area (Å²) in [7, 11) is 1.99. The van der Waals surface area contributed by atoms with E-state index in [2.05, 4.69) is 29.1 Å². The Balaban J connectivity index is 1.94. The molecular formula is C15H22N4. The van der Waals surface area contributed by atoms with Gasteiger partial charge >= 0.3 is 0 Å². The Kier molecular flexibility index (Phi) is 4.58. The minimum absolute atomic E-state index is 0.876. The van der Waals surface area contributed by atoms with Crippen molar-refractivity contribution < 1.29 is 0 Å². The number of rotatable bonds is 6. The minimum atomic E-state index is 0.876. The Morgan fingerprint density at radius 2 is 2.05 bits per heavy atom. The first-order chi connectivity index (χ1) is 9.20. The van der Waals surface area contributed by atoms with Crippen LogP contribution in [0.4, 0.5) is 5.69 Å². The molecule has 0 spiro atoms. The number of benzene rings is 1. The molecule has 2 aromatic rings. The number of hydrogen-bond donors (Lipinski definition) is 1. The molecule has 0 atom stereocenters. The normalized spacial score (nSPS) is 11.1. The largest absolute Gasteiger partial charge is 0.398 e. The lowest BCUT2D eigenvalue weighted by Crippen LogP contribution is -2.26. The Hall–Kier alpha value is -1.81. The summed E-state index contributed by atoms with van der Waals surface area (Å²) in [4.78, 5) is 2.40. The van der Waals surface area contributed by atoms with Crippen molar-refractivity contribution in [3.63, 3.8) is 0 Å². The molecule has 0 bridgehead atoms. The number of nitrogens with two attached hydrogens (primary N) is 1. The lowest BCUT2D eigenvalue weighted by atomic mass is 10.1. The van der Waals surface area contributed by atoms with Crippen LogP contribution in [0.5, 0.6) is 0 Å². The summed E-state index contributed by atoms with van der Waals surface area (Å²) in [6, 6.07) is 10.2. The number of aromatic nitrogens is 2. The number of aryl methyl sites for hydroxylation is 1. The SMILES string of the molecule is CCN(CCc1ccnn1C)Cc1ccccc1N. The molecule has 1 aromatic heterocycles. The Bertz CT molecular complexity index is 518. The maximum atomic E-state index is 6.00. The molecule has 0 aliphatic rings. The van der Waals surface area contributed by atoms with Crippen LogP contribution in [-0.2, 0) is 20.0 Å². The molecule has 0 aliphatic carbocycles. The van der Waals surface area contributed by atoms with E-state index >= 15 is 0 Å². The molecule has 1 aromatic carbocycles. The third kappa shape index (κ3) is 3.58. The van der Waals surface area contributed by atoms with E-state index in [4.69, 9.17) is 5.73 Å². The summed E-state index contributed by atoms with van der Waals surface area (Å²) >= 11 is 0. The van der Waals surface area contributed by atoms with E-state index < -0.39 is 0 Å². The van der Waals surface area contributed by atoms with Gasteiger partial charge in [-0.25, -0.2) is 0 Å². The Morgan fingerprint density at radius 3 is 2.68 bits per heavy atom. The van der Waals surface area contributed by atoms with Crippen molar-refractivity contribution in [3.05, 3.63) is 47.8 Å². The fraction of sp³-hybridized carbons (Fsp3) is 0.400. The van der Waals surface area contributed by atoms with Gasteiger partial charge in [0.2, 0.25) is 0 Å². The van der Waals surface area contributed by atoms with Gasteiger partial charge in [0, 0.05) is 44.1 Å². The van der Waals surface area contributed by atoms with Gasteiger partial charge in [0.15, 0.2) is 0 Å². The van der Waals surface area contributed by atoms with Crippen LogP contribution in [0.1, 0.15) is 18.2 Å². The topological polar surface area (TPSA) is 47.1 Å². The van der Waals surface area contributed by atoms with Crippen LogP contribution in [0.25, 0.3) is 0 Å². The molecule has 1 heterocycles. The molecule has 0 amide bonds. The molecule has 0 aliphatic heterocycles. The van der Waals surface area contributed by atoms with Gasteiger partial charge in [-0.15, -0.1) is 0 Å². The molecule has 0 saturated carbocycles. The van der Waals surface area contributed by atoms with Crippen molar-refractivity contribution in [1.29, 1.82) is 0 Å². The van der Waals surface area contributed by atoms with Crippen molar-refractivity contribution in [2.45, 2.75) is 19.9 Å². The predicted octanol–water partition coefficient (Wildman–Crippen LogP) is 2.07. The van der Waals surface area contributed by atoms with Gasteiger partial charge in [0.1, 0.15) is 0 Å². The number of nitrogen functional groups attached to an aromatic ring is 1. The fourth-order valence-electron chi connectivity index (χ4n) is 2.19. The number of anilines is 1. The van der Waals surface area contributed by atoms with Crippen LogP contribution in [0, 0.1) is 0 Å². The van der Waals surface area contributed by atoms with E-state index in [1.165, 1.54) is 11.3 Å². The second-order valence-corrected chi connectivity index (χ2v) is 4.76. The molecule has 4 nitrogen and oxygen atoms in total. The Morgan fingerprint density at radius 1 is 1.26 bits per heavy atom. The molecule has 0 saturated heterocycles. The molecular weight excluding hydrogens is 236 g/mol. The number of hydrogen-bond acceptors (Lipinski definition) is 3. The number of likely N-dealkylation sites (N-methyl/N-ethyl adjacent to an activating group) is 1. The van der Waals surface area contributed by atoms with Crippen LogP contribution in [0.15, 0.2) is 36.5 Å². The average Bonchev–Trinajstić information content (AvgIpc) is 2.82. The van der Waals surface area contributed by atoms with E-state index in [0.29, 0.717) is 0 Å². The monoisotopic (exact) mass is 258 g/mol. The van der Waals surface area contributed by atoms with Gasteiger partial charge in [0.05, 0.1) is 0 Å². The van der Waals surface area contributed by atoms with Crippen LogP contribution in [-0.4, -0.2) is 27.8 Å². The lowest BCUT2D eigenvalue weighted by Gasteiger charge is -2.21. The van der Waals surface area contributed by atoms with Gasteiger partial charge < -0.3 is 5.73 Å². The maximum Gasteiger partial charge on any atom is 0.0492 e. The molecule has 2 N–H and O–H groups in total. The molecule has 0 fully saturated rings. The standard InChI is InChI=1S/C15H22N4/c1-3-19(11-9-14-8-10-17-18(14)2)12-13-6-4-5-7-15(13)16/h4-8,10H,3,9,11-12,16H2,1-2H3. The second kappa shape index (κ2) is 6.38. The van der Waals surface area contributed by atoms with Gasteiger partial charge in [-0.2, -0.15) is 5.10 Å². The first-order valence-electron chi connectivity index (χ1n) is 6.73. The lowest BCUT2D eigenvalue weighted by molar-refractivity contribution is 0.282. The third-order valence-electron chi connectivity index (χ3n) is 3.50. The molecule has 0 unspecified atom stereocenters. The van der Waals surface area contributed by atoms with E-state index in [-0.39, 0.29) is 0 Å². The summed E-state index contributed by atoms with van der Waals surface area (Å²) in [5.41, 5.74) is 9.34. The fourth-order valence-corrected chi connectivity index (χ4v) is 2.19. The molecule has 0 radical (unpaired) electrons. The van der Waals surface area contributed by atoms with E-state index in [0.717, 1.165) is 31.7 Å². The quantitative estimate of drug-likeness (QED) is 0.807. The van der Waals surface area contributed by atoms with Gasteiger partial charge in [-0.1, -0.05) is 25.1 Å². The smallest absolute Gasteiger partial charge is 0.0492 e. The number of para-hydroxylation sites is 1. The molecule has 102 valence electrons. The minimum Gasteiger partial charge on any atom is -0.398 e. The average molecular weight is 258 g/mol. The predicted molar refractivity (Wildman–Crippen MR) is 78.7 cm³/mol. The highest BCUT2D eigenvalue weighted by atomic mass is 15.3. The van der Waals surface area contributed by atoms with Crippen molar-refractivity contribution in [2.75, 3.05) is 18.8 Å². The summed E-state index contributed by atoms with van der Waals surface area (Å²) in [5, 5.41) is 4.20. The summed E-state index contributed by atoms with van der Waals surface area (Å²) in [5.74, 6) is 0. The van der Waals surface area contributed by atoms with Gasteiger partial charge in [0.25, 0.3) is 0 Å². The summed E-state index contributed by atoms with van der Waals surface area (Å²) in [6.07, 6.45) is 2.86. The van der Waals surface area contributed by atoms with Gasteiger partial charge in [-0.3, -0.25) is 9.58 Å².